The van der Waals surface area contributed by atoms with Crippen LogP contribution in [0.2, 0.25) is 0 Å². The zero-order chi connectivity index (χ0) is 33.4. The summed E-state index contributed by atoms with van der Waals surface area (Å²) < 4.78 is 45.1. The van der Waals surface area contributed by atoms with Crippen molar-refractivity contribution in [2.24, 2.45) is 0 Å². The molecule has 5 atom stereocenters. The third-order valence-electron chi connectivity index (χ3n) is 7.45. The van der Waals surface area contributed by atoms with Gasteiger partial charge >= 0.3 is 13.7 Å². The van der Waals surface area contributed by atoms with E-state index in [0.29, 0.717) is 28.9 Å². The van der Waals surface area contributed by atoms with Crippen molar-refractivity contribution in [1.29, 1.82) is 0 Å². The van der Waals surface area contributed by atoms with E-state index < -0.39 is 32.2 Å². The maximum absolute atomic E-state index is 14.4. The lowest BCUT2D eigenvalue weighted by atomic mass is 10.1. The molecule has 1 unspecified atom stereocenters. The molecule has 47 heavy (non-hydrogen) atoms. The van der Waals surface area contributed by atoms with E-state index in [9.17, 15) is 14.5 Å². The number of carbonyl (C=O) groups is 1. The second-order valence-electron chi connectivity index (χ2n) is 10.9. The Morgan fingerprint density at radius 2 is 1.94 bits per heavy atom. The molecule has 0 amide bonds. The molecule has 14 nitrogen and oxygen atoms in total. The van der Waals surface area contributed by atoms with Crippen molar-refractivity contribution >= 4 is 30.7 Å². The van der Waals surface area contributed by atoms with Gasteiger partial charge in [0.05, 0.1) is 31.7 Å². The molecule has 250 valence electrons. The van der Waals surface area contributed by atoms with E-state index in [1.54, 1.807) is 42.7 Å². The number of fused-ring (bicyclic) bond motifs is 1. The first-order valence-electron chi connectivity index (χ1n) is 15.2. The molecule has 0 radical (unpaired) electrons. The van der Waals surface area contributed by atoms with Gasteiger partial charge in [-0.05, 0) is 37.5 Å². The Morgan fingerprint density at radius 1 is 1.17 bits per heavy atom. The lowest BCUT2D eigenvalue weighted by molar-refractivity contribution is -0.143. The third-order valence-corrected chi connectivity index (χ3v) is 9.08. The zero-order valence-corrected chi connectivity index (χ0v) is 27.1. The number of aryl methyl sites for hydroxylation is 1. The van der Waals surface area contributed by atoms with Gasteiger partial charge in [-0.15, -0.1) is 0 Å². The largest absolute Gasteiger partial charge is 0.492 e. The normalized spacial score (nSPS) is 19.6. The zero-order valence-electron chi connectivity index (χ0n) is 26.2. The second kappa shape index (κ2) is 15.5. The summed E-state index contributed by atoms with van der Waals surface area (Å²) in [7, 11) is -4.16. The van der Waals surface area contributed by atoms with Gasteiger partial charge in [-0.1, -0.05) is 55.1 Å². The summed E-state index contributed by atoms with van der Waals surface area (Å²) in [5.41, 5.74) is 8.29. The molecule has 1 aliphatic heterocycles. The highest BCUT2D eigenvalue weighted by Crippen LogP contribution is 2.47. The smallest absolute Gasteiger partial charge is 0.459 e. The highest BCUT2D eigenvalue weighted by atomic mass is 31.2. The highest BCUT2D eigenvalue weighted by Gasteiger charge is 2.39. The average Bonchev–Trinajstić information content (AvgIpc) is 3.66. The molecule has 2 aromatic heterocycles. The van der Waals surface area contributed by atoms with Crippen LogP contribution in [0.4, 0.5) is 5.82 Å². The van der Waals surface area contributed by atoms with Gasteiger partial charge in [-0.2, -0.15) is 0 Å². The molecule has 0 saturated carbocycles. The van der Waals surface area contributed by atoms with Crippen LogP contribution in [0.25, 0.3) is 11.2 Å². The average molecular weight is 667 g/mol. The SMILES string of the molecule is C=C(OCc1ccccc1)[C@H](C)NP(=O)(OC[C@@H]1C[C@H](O)[C@H](n2cnc3c(N)ncnc32)O1)Oc1ccccc1CCC(=O)OCC. The number of nitrogens with two attached hydrogens (primary N) is 1. The number of hydrogen-bond donors (Lipinski definition) is 3. The number of ether oxygens (including phenoxy) is 3. The highest BCUT2D eigenvalue weighted by molar-refractivity contribution is 7.52. The standard InChI is InChI=1S/C32H39N6O8P/c1-4-42-28(40)15-14-24-12-8-9-13-27(24)46-47(41,37-21(2)22(3)43-17-23-10-6-5-7-11-23)44-18-25-16-26(39)32(45-25)38-20-36-29-30(33)34-19-35-31(29)38/h5-13,19-21,25-26,32,39H,3-4,14-18H2,1-2H3,(H,37,41)(H2,33,34,35)/t21-,25-,26-,32+,47?/m0/s1. The summed E-state index contributed by atoms with van der Waals surface area (Å²) in [4.78, 5) is 24.5. The molecular formula is C32H39N6O8P. The van der Waals surface area contributed by atoms with Crippen molar-refractivity contribution < 1.29 is 37.7 Å². The molecule has 4 N–H and O–H groups in total. The van der Waals surface area contributed by atoms with Crippen LogP contribution in [0.3, 0.4) is 0 Å². The van der Waals surface area contributed by atoms with Gasteiger partial charge in [0.15, 0.2) is 17.7 Å². The van der Waals surface area contributed by atoms with E-state index in [-0.39, 0.29) is 50.2 Å². The summed E-state index contributed by atoms with van der Waals surface area (Å²) in [6, 6.07) is 15.8. The number of esters is 1. The molecule has 1 saturated heterocycles. The number of nitrogens with zero attached hydrogens (tertiary/aromatic N) is 4. The van der Waals surface area contributed by atoms with E-state index in [4.69, 9.17) is 29.0 Å². The number of hydrogen-bond acceptors (Lipinski definition) is 12. The second-order valence-corrected chi connectivity index (χ2v) is 12.6. The van der Waals surface area contributed by atoms with Gasteiger partial charge in [0.2, 0.25) is 0 Å². The predicted molar refractivity (Wildman–Crippen MR) is 173 cm³/mol. The fraction of sp³-hybridized carbons (Fsp3) is 0.375. The van der Waals surface area contributed by atoms with Gasteiger partial charge in [-0.25, -0.2) is 24.6 Å². The summed E-state index contributed by atoms with van der Waals surface area (Å²) in [6.07, 6.45) is 0.898. The molecular weight excluding hydrogens is 627 g/mol. The number of anilines is 1. The predicted octanol–water partition coefficient (Wildman–Crippen LogP) is 4.46. The number of benzene rings is 2. The number of rotatable bonds is 16. The summed E-state index contributed by atoms with van der Waals surface area (Å²) >= 11 is 0. The maximum atomic E-state index is 14.4. The summed E-state index contributed by atoms with van der Waals surface area (Å²) in [5.74, 6) is 0.434. The van der Waals surface area contributed by atoms with E-state index in [1.165, 1.54) is 12.7 Å². The minimum Gasteiger partial charge on any atom is -0.492 e. The van der Waals surface area contributed by atoms with Gasteiger partial charge in [0.1, 0.15) is 36.1 Å². The lowest BCUT2D eigenvalue weighted by Gasteiger charge is -2.26. The number of nitrogens with one attached hydrogen (secondary N) is 1. The molecule has 0 spiro atoms. The van der Waals surface area contributed by atoms with Crippen LogP contribution in [0.5, 0.6) is 5.75 Å². The van der Waals surface area contributed by atoms with Crippen LogP contribution in [0, 0.1) is 0 Å². The molecule has 0 bridgehead atoms. The number of nitrogen functional groups attached to an aromatic ring is 1. The minimum absolute atomic E-state index is 0.113. The van der Waals surface area contributed by atoms with Crippen LogP contribution < -0.4 is 15.3 Å². The molecule has 3 heterocycles. The number of imidazole rings is 1. The van der Waals surface area contributed by atoms with Crippen LogP contribution in [-0.4, -0.2) is 62.1 Å². The maximum Gasteiger partial charge on any atom is 0.459 e. The summed E-state index contributed by atoms with van der Waals surface area (Å²) in [6.45, 7) is 7.82. The third kappa shape index (κ3) is 8.73. The molecule has 5 rings (SSSR count). The number of carbonyl (C=O) groups excluding carboxylic acids is 1. The molecule has 15 heteroatoms. The Balaban J connectivity index is 1.30. The van der Waals surface area contributed by atoms with Crippen molar-refractivity contribution in [3.8, 4) is 5.75 Å². The van der Waals surface area contributed by atoms with Gasteiger partial charge in [-0.3, -0.25) is 13.9 Å². The van der Waals surface area contributed by atoms with Gasteiger partial charge in [0, 0.05) is 12.8 Å². The van der Waals surface area contributed by atoms with Crippen molar-refractivity contribution in [1.82, 2.24) is 24.6 Å². The van der Waals surface area contributed by atoms with E-state index in [0.717, 1.165) is 5.56 Å². The number of para-hydroxylation sites is 1. The van der Waals surface area contributed by atoms with Crippen LogP contribution in [-0.2, 0) is 41.1 Å². The van der Waals surface area contributed by atoms with Gasteiger partial charge in [0.25, 0.3) is 0 Å². The molecule has 1 aliphatic rings. The van der Waals surface area contributed by atoms with E-state index >= 15 is 0 Å². The molecule has 2 aromatic carbocycles. The first-order chi connectivity index (χ1) is 22.7. The van der Waals surface area contributed by atoms with Crippen LogP contribution >= 0.6 is 7.75 Å². The molecule has 1 fully saturated rings. The number of aliphatic hydroxyl groups excluding tert-OH is 1. The van der Waals surface area contributed by atoms with E-state index in [1.807, 2.05) is 30.3 Å². The van der Waals surface area contributed by atoms with Crippen molar-refractivity contribution in [2.45, 2.75) is 64.2 Å². The Hall–Kier alpha value is -4.33. The van der Waals surface area contributed by atoms with Gasteiger partial charge < -0.3 is 29.6 Å². The Morgan fingerprint density at radius 3 is 2.72 bits per heavy atom. The van der Waals surface area contributed by atoms with Crippen molar-refractivity contribution in [3.05, 3.63) is 90.7 Å². The fourth-order valence-corrected chi connectivity index (χ4v) is 6.60. The Kier molecular flexibility index (Phi) is 11.2. The first-order valence-corrected chi connectivity index (χ1v) is 16.8. The molecule has 0 aliphatic carbocycles. The van der Waals surface area contributed by atoms with E-state index in [2.05, 4.69) is 26.6 Å². The fourth-order valence-electron chi connectivity index (χ4n) is 5.00. The molecule has 4 aromatic rings. The topological polar surface area (TPSA) is 182 Å². The van der Waals surface area contributed by atoms with Crippen molar-refractivity contribution in [3.63, 3.8) is 0 Å². The monoisotopic (exact) mass is 666 g/mol. The van der Waals surface area contributed by atoms with Crippen LogP contribution in [0.1, 0.15) is 44.0 Å². The minimum atomic E-state index is -4.16. The van der Waals surface area contributed by atoms with Crippen molar-refractivity contribution in [2.75, 3.05) is 18.9 Å². The number of aliphatic hydroxyl groups is 1. The van der Waals surface area contributed by atoms with Crippen LogP contribution in [0.15, 0.2) is 79.6 Å². The Bertz CT molecular complexity index is 1720. The lowest BCUT2D eigenvalue weighted by Crippen LogP contribution is -2.30. The Labute approximate surface area is 272 Å². The summed E-state index contributed by atoms with van der Waals surface area (Å²) in [5, 5.41) is 13.8. The first kappa shape index (κ1) is 34.0. The quantitative estimate of drug-likeness (QED) is 0.0866. The number of aromatic nitrogens is 4.